The van der Waals surface area contributed by atoms with E-state index in [1.165, 1.54) is 18.5 Å². The van der Waals surface area contributed by atoms with E-state index in [1.54, 1.807) is 39.8 Å². The smallest absolute Gasteiger partial charge is 0.223 e. The fourth-order valence-corrected chi connectivity index (χ4v) is 3.49. The van der Waals surface area contributed by atoms with Crippen LogP contribution in [0, 0.1) is 5.82 Å². The summed E-state index contributed by atoms with van der Waals surface area (Å²) in [7, 11) is 1.82. The summed E-state index contributed by atoms with van der Waals surface area (Å²) < 4.78 is 14.6. The largest absolute Gasteiger partial charge is 0.339 e. The summed E-state index contributed by atoms with van der Waals surface area (Å²) in [4.78, 5) is 19.1. The summed E-state index contributed by atoms with van der Waals surface area (Å²) in [6.07, 6.45) is 3.57. The first kappa shape index (κ1) is 19.1. The van der Waals surface area contributed by atoms with Gasteiger partial charge in [0.1, 0.15) is 18.5 Å². The van der Waals surface area contributed by atoms with E-state index in [1.807, 2.05) is 38.2 Å². The maximum absolute atomic E-state index is 12.9. The minimum Gasteiger partial charge on any atom is -0.339 e. The molecule has 7 heteroatoms. The molecule has 140 valence electrons. The summed E-state index contributed by atoms with van der Waals surface area (Å²) in [6.45, 7) is 2.01. The minimum absolute atomic E-state index is 0.0295. The molecule has 3 aromatic rings. The van der Waals surface area contributed by atoms with Crippen LogP contribution in [0.2, 0.25) is 0 Å². The minimum atomic E-state index is -0.251. The third-order valence-electron chi connectivity index (χ3n) is 4.43. The SMILES string of the molecule is C[C@@H](c1ccc(-n2cncn2)cc1)N(C)C(=O)CCSc1ccc(F)cc1. The number of thioether (sulfide) groups is 1. The van der Waals surface area contributed by atoms with E-state index in [9.17, 15) is 9.18 Å². The number of nitrogens with zero attached hydrogens (tertiary/aromatic N) is 4. The summed E-state index contributed by atoms with van der Waals surface area (Å²) in [5.74, 6) is 0.489. The Labute approximate surface area is 162 Å². The van der Waals surface area contributed by atoms with Gasteiger partial charge in [-0.1, -0.05) is 12.1 Å². The molecule has 0 saturated carbocycles. The Balaban J connectivity index is 1.53. The van der Waals surface area contributed by atoms with Gasteiger partial charge in [-0.3, -0.25) is 4.79 Å². The van der Waals surface area contributed by atoms with Crippen molar-refractivity contribution in [1.29, 1.82) is 0 Å². The average Bonchev–Trinajstić information content (AvgIpc) is 3.23. The Kier molecular flexibility index (Phi) is 6.24. The number of rotatable bonds is 7. The zero-order valence-corrected chi connectivity index (χ0v) is 16.1. The van der Waals surface area contributed by atoms with Crippen LogP contribution in [0.5, 0.6) is 0 Å². The van der Waals surface area contributed by atoms with Crippen LogP contribution in [0.25, 0.3) is 5.69 Å². The van der Waals surface area contributed by atoms with Gasteiger partial charge >= 0.3 is 0 Å². The molecule has 0 unspecified atom stereocenters. The molecule has 1 aromatic heterocycles. The number of halogens is 1. The van der Waals surface area contributed by atoms with E-state index in [0.29, 0.717) is 12.2 Å². The molecule has 0 aliphatic rings. The fraction of sp³-hybridized carbons (Fsp3) is 0.250. The molecular formula is C20H21FN4OS. The maximum Gasteiger partial charge on any atom is 0.223 e. The van der Waals surface area contributed by atoms with Crippen molar-refractivity contribution in [3.8, 4) is 5.69 Å². The van der Waals surface area contributed by atoms with Gasteiger partial charge in [-0.2, -0.15) is 5.10 Å². The average molecular weight is 384 g/mol. The van der Waals surface area contributed by atoms with E-state index in [2.05, 4.69) is 10.1 Å². The first-order valence-corrected chi connectivity index (χ1v) is 9.62. The van der Waals surface area contributed by atoms with Crippen molar-refractivity contribution in [2.24, 2.45) is 0 Å². The standard InChI is InChI=1S/C20H21FN4OS/c1-15(16-3-7-18(8-4-16)25-14-22-13-23-25)24(2)20(26)11-12-27-19-9-5-17(21)6-10-19/h3-10,13-15H,11-12H2,1-2H3/t15-/m0/s1. The Bertz CT molecular complexity index is 866. The molecule has 1 heterocycles. The first-order chi connectivity index (χ1) is 13.0. The highest BCUT2D eigenvalue weighted by Gasteiger charge is 2.17. The van der Waals surface area contributed by atoms with Gasteiger partial charge in [0.05, 0.1) is 11.7 Å². The summed E-state index contributed by atoms with van der Waals surface area (Å²) in [6, 6.07) is 14.2. The van der Waals surface area contributed by atoms with Crippen molar-refractivity contribution in [3.63, 3.8) is 0 Å². The molecule has 0 aliphatic carbocycles. The van der Waals surface area contributed by atoms with Crippen LogP contribution in [-0.2, 0) is 4.79 Å². The molecule has 0 aliphatic heterocycles. The molecular weight excluding hydrogens is 363 g/mol. The van der Waals surface area contributed by atoms with Crippen LogP contribution < -0.4 is 0 Å². The quantitative estimate of drug-likeness (QED) is 0.575. The van der Waals surface area contributed by atoms with Crippen molar-refractivity contribution < 1.29 is 9.18 Å². The van der Waals surface area contributed by atoms with Crippen LogP contribution in [0.4, 0.5) is 4.39 Å². The molecule has 0 fully saturated rings. The van der Waals surface area contributed by atoms with Crippen molar-refractivity contribution in [1.82, 2.24) is 19.7 Å². The molecule has 27 heavy (non-hydrogen) atoms. The van der Waals surface area contributed by atoms with E-state index >= 15 is 0 Å². The normalized spacial score (nSPS) is 12.0. The predicted octanol–water partition coefficient (Wildman–Crippen LogP) is 4.11. The highest BCUT2D eigenvalue weighted by Crippen LogP contribution is 2.23. The number of benzene rings is 2. The van der Waals surface area contributed by atoms with Crippen molar-refractivity contribution in [2.45, 2.75) is 24.3 Å². The number of hydrogen-bond acceptors (Lipinski definition) is 4. The topological polar surface area (TPSA) is 51.0 Å². The number of aromatic nitrogens is 3. The number of hydrogen-bond donors (Lipinski definition) is 0. The predicted molar refractivity (Wildman–Crippen MR) is 104 cm³/mol. The third-order valence-corrected chi connectivity index (χ3v) is 5.45. The Morgan fingerprint density at radius 3 is 2.52 bits per heavy atom. The van der Waals surface area contributed by atoms with Gasteiger partial charge in [0, 0.05) is 24.1 Å². The summed E-state index contributed by atoms with van der Waals surface area (Å²) >= 11 is 1.55. The second-order valence-electron chi connectivity index (χ2n) is 6.16. The molecule has 3 rings (SSSR count). The Morgan fingerprint density at radius 1 is 1.19 bits per heavy atom. The van der Waals surface area contributed by atoms with Gasteiger partial charge in [-0.25, -0.2) is 14.1 Å². The van der Waals surface area contributed by atoms with E-state index in [-0.39, 0.29) is 17.8 Å². The lowest BCUT2D eigenvalue weighted by Crippen LogP contribution is -2.29. The Hall–Kier alpha value is -2.67. The van der Waals surface area contributed by atoms with Crippen LogP contribution in [-0.4, -0.2) is 38.4 Å². The zero-order chi connectivity index (χ0) is 19.2. The molecule has 0 spiro atoms. The zero-order valence-electron chi connectivity index (χ0n) is 15.2. The number of carbonyl (C=O) groups excluding carboxylic acids is 1. The van der Waals surface area contributed by atoms with Crippen molar-refractivity contribution >= 4 is 17.7 Å². The molecule has 2 aromatic carbocycles. The van der Waals surface area contributed by atoms with Gasteiger partial charge in [0.15, 0.2) is 0 Å². The molecule has 0 saturated heterocycles. The van der Waals surface area contributed by atoms with Gasteiger partial charge in [0.2, 0.25) is 5.91 Å². The maximum atomic E-state index is 12.9. The number of carbonyl (C=O) groups is 1. The van der Waals surface area contributed by atoms with Gasteiger partial charge in [-0.15, -0.1) is 11.8 Å². The lowest BCUT2D eigenvalue weighted by atomic mass is 10.1. The Morgan fingerprint density at radius 2 is 1.89 bits per heavy atom. The molecule has 0 N–H and O–H groups in total. The fourth-order valence-electron chi connectivity index (χ4n) is 2.65. The molecule has 5 nitrogen and oxygen atoms in total. The van der Waals surface area contributed by atoms with Crippen LogP contribution in [0.15, 0.2) is 66.1 Å². The van der Waals surface area contributed by atoms with Gasteiger partial charge in [0.25, 0.3) is 0 Å². The third kappa shape index (κ3) is 4.95. The first-order valence-electron chi connectivity index (χ1n) is 8.63. The second-order valence-corrected chi connectivity index (χ2v) is 7.33. The molecule has 1 amide bonds. The lowest BCUT2D eigenvalue weighted by molar-refractivity contribution is -0.131. The summed E-state index contributed by atoms with van der Waals surface area (Å²) in [5, 5.41) is 4.11. The van der Waals surface area contributed by atoms with Crippen molar-refractivity contribution in [2.75, 3.05) is 12.8 Å². The summed E-state index contributed by atoms with van der Waals surface area (Å²) in [5.41, 5.74) is 1.98. The number of amides is 1. The van der Waals surface area contributed by atoms with E-state index in [4.69, 9.17) is 0 Å². The van der Waals surface area contributed by atoms with Crippen LogP contribution in [0.3, 0.4) is 0 Å². The second kappa shape index (κ2) is 8.81. The molecule has 0 radical (unpaired) electrons. The molecule has 0 bridgehead atoms. The highest BCUT2D eigenvalue weighted by atomic mass is 32.2. The van der Waals surface area contributed by atoms with E-state index < -0.39 is 0 Å². The highest BCUT2D eigenvalue weighted by molar-refractivity contribution is 7.99. The monoisotopic (exact) mass is 384 g/mol. The van der Waals surface area contributed by atoms with Gasteiger partial charge < -0.3 is 4.90 Å². The van der Waals surface area contributed by atoms with Gasteiger partial charge in [-0.05, 0) is 48.9 Å². The van der Waals surface area contributed by atoms with E-state index in [0.717, 1.165) is 16.1 Å². The van der Waals surface area contributed by atoms with Crippen LogP contribution >= 0.6 is 11.8 Å². The van der Waals surface area contributed by atoms with Crippen LogP contribution in [0.1, 0.15) is 24.9 Å². The van der Waals surface area contributed by atoms with Crippen molar-refractivity contribution in [3.05, 3.63) is 72.6 Å². The lowest BCUT2D eigenvalue weighted by Gasteiger charge is -2.25. The molecule has 1 atom stereocenters.